The number of piperidine rings is 1. The van der Waals surface area contributed by atoms with Gasteiger partial charge in [-0.25, -0.2) is 0 Å². The quantitative estimate of drug-likeness (QED) is 0.680. The Morgan fingerprint density at radius 3 is 2.48 bits per heavy atom. The molecule has 0 aliphatic carbocycles. The maximum absolute atomic E-state index is 6.29. The molecule has 7 heteroatoms. The van der Waals surface area contributed by atoms with Crippen molar-refractivity contribution in [3.05, 3.63) is 30.5 Å². The SMILES string of the molecule is COc1cc(-c2cc3nccc(N(C)C4CCCNC4)c3o2)cc(OC)c1OC. The minimum Gasteiger partial charge on any atom is -0.493 e. The molecule has 1 aliphatic rings. The van der Waals surface area contributed by atoms with Crippen LogP contribution >= 0.6 is 0 Å². The van der Waals surface area contributed by atoms with E-state index in [1.807, 2.05) is 30.5 Å². The molecule has 2 aromatic heterocycles. The molecule has 1 unspecified atom stereocenters. The number of pyridine rings is 1. The van der Waals surface area contributed by atoms with Gasteiger partial charge in [0.1, 0.15) is 11.3 Å². The van der Waals surface area contributed by atoms with E-state index in [2.05, 4.69) is 22.2 Å². The van der Waals surface area contributed by atoms with Crippen molar-refractivity contribution in [1.82, 2.24) is 10.3 Å². The molecule has 3 aromatic rings. The molecule has 4 rings (SSSR count). The van der Waals surface area contributed by atoms with Gasteiger partial charge in [-0.05, 0) is 37.6 Å². The van der Waals surface area contributed by atoms with E-state index in [1.165, 1.54) is 6.42 Å². The van der Waals surface area contributed by atoms with Crippen LogP contribution in [-0.4, -0.2) is 52.5 Å². The second kappa shape index (κ2) is 8.21. The average Bonchev–Trinajstić information content (AvgIpc) is 3.22. The fraction of sp³-hybridized carbons (Fsp3) is 0.409. The summed E-state index contributed by atoms with van der Waals surface area (Å²) in [4.78, 5) is 6.80. The monoisotopic (exact) mass is 397 g/mol. The van der Waals surface area contributed by atoms with E-state index in [0.717, 1.165) is 41.9 Å². The number of benzene rings is 1. The Labute approximate surface area is 170 Å². The standard InChI is InChI=1S/C22H27N3O4/c1-25(15-6-5-8-23-13-15)17-7-9-24-16-12-18(29-21(16)17)14-10-19(26-2)22(28-4)20(11-14)27-3/h7,9-12,15,23H,5-6,8,13H2,1-4H3. The first-order valence-corrected chi connectivity index (χ1v) is 9.78. The second-order valence-corrected chi connectivity index (χ2v) is 7.18. The third kappa shape index (κ3) is 3.58. The van der Waals surface area contributed by atoms with Gasteiger partial charge in [0.15, 0.2) is 17.1 Å². The Balaban J connectivity index is 1.77. The lowest BCUT2D eigenvalue weighted by Gasteiger charge is -2.33. The molecule has 1 atom stereocenters. The number of hydrogen-bond donors (Lipinski definition) is 1. The molecule has 1 aliphatic heterocycles. The van der Waals surface area contributed by atoms with E-state index in [0.29, 0.717) is 29.1 Å². The summed E-state index contributed by atoms with van der Waals surface area (Å²) in [5.41, 5.74) is 3.49. The Morgan fingerprint density at radius 2 is 1.86 bits per heavy atom. The van der Waals surface area contributed by atoms with Gasteiger partial charge in [-0.2, -0.15) is 0 Å². The molecule has 154 valence electrons. The molecule has 1 N–H and O–H groups in total. The average molecular weight is 397 g/mol. The molecule has 3 heterocycles. The van der Waals surface area contributed by atoms with E-state index < -0.39 is 0 Å². The minimum atomic E-state index is 0.434. The largest absolute Gasteiger partial charge is 0.493 e. The first-order valence-electron chi connectivity index (χ1n) is 9.78. The van der Waals surface area contributed by atoms with E-state index in [9.17, 15) is 0 Å². The molecule has 0 bridgehead atoms. The number of nitrogens with zero attached hydrogens (tertiary/aromatic N) is 2. The van der Waals surface area contributed by atoms with Crippen LogP contribution in [0, 0.1) is 0 Å². The zero-order chi connectivity index (χ0) is 20.4. The molecule has 7 nitrogen and oxygen atoms in total. The number of fused-ring (bicyclic) bond motifs is 1. The highest BCUT2D eigenvalue weighted by Gasteiger charge is 2.22. The molecule has 0 radical (unpaired) electrons. The Kier molecular flexibility index (Phi) is 5.49. The number of anilines is 1. The number of nitrogens with one attached hydrogen (secondary N) is 1. The van der Waals surface area contributed by atoms with E-state index in [4.69, 9.17) is 18.6 Å². The molecule has 0 spiro atoms. The predicted molar refractivity (Wildman–Crippen MR) is 113 cm³/mol. The summed E-state index contributed by atoms with van der Waals surface area (Å²) in [7, 11) is 6.92. The topological polar surface area (TPSA) is 69.0 Å². The van der Waals surface area contributed by atoms with Gasteiger partial charge >= 0.3 is 0 Å². The van der Waals surface area contributed by atoms with Gasteiger partial charge in [0, 0.05) is 37.5 Å². The number of rotatable bonds is 6. The van der Waals surface area contributed by atoms with Crippen LogP contribution in [-0.2, 0) is 0 Å². The molecule has 0 amide bonds. The summed E-state index contributed by atoms with van der Waals surface area (Å²) < 4.78 is 22.7. The van der Waals surface area contributed by atoms with E-state index in [1.54, 1.807) is 21.3 Å². The van der Waals surface area contributed by atoms with Gasteiger partial charge in [-0.1, -0.05) is 0 Å². The summed E-state index contributed by atoms with van der Waals surface area (Å²) in [6.07, 6.45) is 4.17. The highest BCUT2D eigenvalue weighted by Crippen LogP contribution is 2.42. The number of ether oxygens (including phenoxy) is 3. The van der Waals surface area contributed by atoms with Crippen molar-refractivity contribution in [2.75, 3.05) is 46.4 Å². The van der Waals surface area contributed by atoms with Gasteiger partial charge in [0.05, 0.1) is 27.0 Å². The summed E-state index contributed by atoms with van der Waals surface area (Å²) in [5.74, 6) is 2.43. The Bertz CT molecular complexity index is 970. The van der Waals surface area contributed by atoms with E-state index >= 15 is 0 Å². The lowest BCUT2D eigenvalue weighted by Crippen LogP contribution is -2.44. The number of likely N-dealkylation sites (N-methyl/N-ethyl adjacent to an activating group) is 1. The highest BCUT2D eigenvalue weighted by atomic mass is 16.5. The molecular weight excluding hydrogens is 370 g/mol. The summed E-state index contributed by atoms with van der Waals surface area (Å²) >= 11 is 0. The summed E-state index contributed by atoms with van der Waals surface area (Å²) in [5, 5.41) is 3.47. The first-order chi connectivity index (χ1) is 14.2. The maximum atomic E-state index is 6.29. The van der Waals surface area contributed by atoms with Crippen LogP contribution in [0.2, 0.25) is 0 Å². The van der Waals surface area contributed by atoms with Crippen LogP contribution in [0.1, 0.15) is 12.8 Å². The van der Waals surface area contributed by atoms with Crippen LogP contribution in [0.3, 0.4) is 0 Å². The Hall–Kier alpha value is -2.93. The molecule has 29 heavy (non-hydrogen) atoms. The van der Waals surface area contributed by atoms with Crippen LogP contribution in [0.5, 0.6) is 17.2 Å². The summed E-state index contributed by atoms with van der Waals surface area (Å²) in [6, 6.07) is 8.16. The maximum Gasteiger partial charge on any atom is 0.203 e. The number of hydrogen-bond acceptors (Lipinski definition) is 7. The van der Waals surface area contributed by atoms with Crippen molar-refractivity contribution < 1.29 is 18.6 Å². The third-order valence-electron chi connectivity index (χ3n) is 5.54. The molecule has 1 aromatic carbocycles. The normalized spacial score (nSPS) is 16.6. The highest BCUT2D eigenvalue weighted by molar-refractivity contribution is 5.90. The summed E-state index contributed by atoms with van der Waals surface area (Å²) in [6.45, 7) is 2.06. The predicted octanol–water partition coefficient (Wildman–Crippen LogP) is 3.71. The van der Waals surface area contributed by atoms with Crippen molar-refractivity contribution in [3.8, 4) is 28.6 Å². The van der Waals surface area contributed by atoms with Gasteiger partial charge in [0.25, 0.3) is 0 Å². The van der Waals surface area contributed by atoms with Crippen molar-refractivity contribution in [2.45, 2.75) is 18.9 Å². The fourth-order valence-corrected chi connectivity index (χ4v) is 3.93. The van der Waals surface area contributed by atoms with Crippen molar-refractivity contribution in [1.29, 1.82) is 0 Å². The lowest BCUT2D eigenvalue weighted by atomic mass is 10.1. The third-order valence-corrected chi connectivity index (χ3v) is 5.54. The van der Waals surface area contributed by atoms with Crippen molar-refractivity contribution in [2.24, 2.45) is 0 Å². The smallest absolute Gasteiger partial charge is 0.203 e. The molecular formula is C22H27N3O4. The van der Waals surface area contributed by atoms with Gasteiger partial charge in [0.2, 0.25) is 5.75 Å². The van der Waals surface area contributed by atoms with Gasteiger partial charge in [-0.15, -0.1) is 0 Å². The van der Waals surface area contributed by atoms with Crippen molar-refractivity contribution in [3.63, 3.8) is 0 Å². The molecule has 1 saturated heterocycles. The van der Waals surface area contributed by atoms with Gasteiger partial charge < -0.3 is 28.8 Å². The number of furan rings is 1. The zero-order valence-corrected chi connectivity index (χ0v) is 17.3. The van der Waals surface area contributed by atoms with E-state index in [-0.39, 0.29) is 0 Å². The number of aromatic nitrogens is 1. The van der Waals surface area contributed by atoms with Crippen LogP contribution in [0.15, 0.2) is 34.9 Å². The molecule has 1 fully saturated rings. The lowest BCUT2D eigenvalue weighted by molar-refractivity contribution is 0.324. The van der Waals surface area contributed by atoms with Crippen LogP contribution < -0.4 is 24.4 Å². The first kappa shape index (κ1) is 19.4. The van der Waals surface area contributed by atoms with Gasteiger partial charge in [-0.3, -0.25) is 4.98 Å². The van der Waals surface area contributed by atoms with Crippen LogP contribution in [0.4, 0.5) is 5.69 Å². The van der Waals surface area contributed by atoms with Crippen molar-refractivity contribution >= 4 is 16.8 Å². The number of methoxy groups -OCH3 is 3. The Morgan fingerprint density at radius 1 is 1.10 bits per heavy atom. The zero-order valence-electron chi connectivity index (χ0n) is 17.3. The fourth-order valence-electron chi connectivity index (χ4n) is 3.93. The second-order valence-electron chi connectivity index (χ2n) is 7.18. The molecule has 0 saturated carbocycles. The minimum absolute atomic E-state index is 0.434. The van der Waals surface area contributed by atoms with Crippen LogP contribution in [0.25, 0.3) is 22.4 Å².